The Hall–Kier alpha value is -2.63. The maximum absolute atomic E-state index is 11.1. The molecule has 0 radical (unpaired) electrons. The predicted octanol–water partition coefficient (Wildman–Crippen LogP) is 1.87. The van der Waals surface area contributed by atoms with Crippen LogP contribution in [-0.4, -0.2) is 25.6 Å². The molecule has 2 aromatic heterocycles. The second kappa shape index (κ2) is 4.19. The number of aryl methyl sites for hydroxylation is 2. The summed E-state index contributed by atoms with van der Waals surface area (Å²) < 4.78 is 1.68. The van der Waals surface area contributed by atoms with Crippen LogP contribution < -0.4 is 5.73 Å². The quantitative estimate of drug-likeness (QED) is 0.741. The zero-order chi connectivity index (χ0) is 14.4. The van der Waals surface area contributed by atoms with Crippen molar-refractivity contribution in [2.24, 2.45) is 0 Å². The number of carboxylic acids is 1. The van der Waals surface area contributed by atoms with Gasteiger partial charge in [-0.2, -0.15) is 0 Å². The van der Waals surface area contributed by atoms with E-state index in [0.29, 0.717) is 11.5 Å². The fourth-order valence-electron chi connectivity index (χ4n) is 2.76. The molecule has 0 unspecified atom stereocenters. The lowest BCUT2D eigenvalue weighted by molar-refractivity contribution is -0.137. The Morgan fingerprint density at radius 2 is 2.10 bits per heavy atom. The molecule has 3 rings (SSSR count). The van der Waals surface area contributed by atoms with E-state index in [2.05, 4.69) is 9.97 Å². The van der Waals surface area contributed by atoms with E-state index in [4.69, 9.17) is 10.8 Å². The average molecular weight is 270 g/mol. The van der Waals surface area contributed by atoms with Gasteiger partial charge in [0.05, 0.1) is 10.9 Å². The van der Waals surface area contributed by atoms with Crippen LogP contribution in [0.5, 0.6) is 0 Å². The van der Waals surface area contributed by atoms with E-state index < -0.39 is 5.97 Å². The number of nitrogens with zero attached hydrogens (tertiary/aromatic N) is 3. The Balaban J connectivity index is 2.56. The average Bonchev–Trinajstić information content (AvgIpc) is 2.64. The summed E-state index contributed by atoms with van der Waals surface area (Å²) in [5.74, 6) is -0.546. The molecule has 0 saturated heterocycles. The van der Waals surface area contributed by atoms with Crippen LogP contribution in [0.25, 0.3) is 21.9 Å². The number of nitrogens with two attached hydrogens (primary N) is 1. The number of fused-ring (bicyclic) bond motifs is 3. The SMILES string of the molecule is Cc1cc(C)c2c(c1)c1c(N)ncnc1n2CC(=O)O. The Labute approximate surface area is 114 Å². The van der Waals surface area contributed by atoms with E-state index in [1.165, 1.54) is 6.33 Å². The van der Waals surface area contributed by atoms with Crippen LogP contribution in [0.2, 0.25) is 0 Å². The first-order valence-corrected chi connectivity index (χ1v) is 6.20. The third-order valence-electron chi connectivity index (χ3n) is 3.39. The smallest absolute Gasteiger partial charge is 0.323 e. The van der Waals surface area contributed by atoms with Gasteiger partial charge in [0.2, 0.25) is 0 Å². The number of anilines is 1. The molecule has 3 N–H and O–H groups in total. The summed E-state index contributed by atoms with van der Waals surface area (Å²) in [5.41, 5.74) is 9.45. The largest absolute Gasteiger partial charge is 0.480 e. The van der Waals surface area contributed by atoms with Crippen LogP contribution in [0.15, 0.2) is 18.5 Å². The Bertz CT molecular complexity index is 851. The lowest BCUT2D eigenvalue weighted by atomic mass is 10.1. The molecule has 20 heavy (non-hydrogen) atoms. The number of hydrogen-bond donors (Lipinski definition) is 2. The Morgan fingerprint density at radius 3 is 2.80 bits per heavy atom. The van der Waals surface area contributed by atoms with Crippen molar-refractivity contribution >= 4 is 33.7 Å². The molecule has 2 heterocycles. The minimum Gasteiger partial charge on any atom is -0.480 e. The van der Waals surface area contributed by atoms with Gasteiger partial charge in [-0.3, -0.25) is 4.79 Å². The zero-order valence-corrected chi connectivity index (χ0v) is 11.2. The zero-order valence-electron chi connectivity index (χ0n) is 11.2. The van der Waals surface area contributed by atoms with Crippen LogP contribution >= 0.6 is 0 Å². The molecule has 6 heteroatoms. The summed E-state index contributed by atoms with van der Waals surface area (Å²) in [7, 11) is 0. The molecule has 0 bridgehead atoms. The van der Waals surface area contributed by atoms with E-state index in [9.17, 15) is 4.79 Å². The lowest BCUT2D eigenvalue weighted by Gasteiger charge is -2.06. The van der Waals surface area contributed by atoms with Crippen molar-refractivity contribution in [3.8, 4) is 0 Å². The highest BCUT2D eigenvalue weighted by molar-refractivity contribution is 6.12. The summed E-state index contributed by atoms with van der Waals surface area (Å²) >= 11 is 0. The van der Waals surface area contributed by atoms with Crippen molar-refractivity contribution < 1.29 is 9.90 Å². The first-order chi connectivity index (χ1) is 9.49. The summed E-state index contributed by atoms with van der Waals surface area (Å²) in [5, 5.41) is 10.7. The third-order valence-corrected chi connectivity index (χ3v) is 3.39. The maximum atomic E-state index is 11.1. The second-order valence-electron chi connectivity index (χ2n) is 4.92. The molecule has 0 amide bonds. The predicted molar refractivity (Wildman–Crippen MR) is 76.6 cm³/mol. The van der Waals surface area contributed by atoms with Crippen LogP contribution in [0, 0.1) is 13.8 Å². The summed E-state index contributed by atoms with van der Waals surface area (Å²) in [4.78, 5) is 19.3. The first kappa shape index (κ1) is 12.4. The van der Waals surface area contributed by atoms with Crippen LogP contribution in [0.3, 0.4) is 0 Å². The standard InChI is InChI=1S/C14H14N4O2/c1-7-3-8(2)12-9(4-7)11-13(15)16-6-17-14(11)18(12)5-10(19)20/h3-4,6H,5H2,1-2H3,(H,19,20)(H2,15,16,17). The maximum Gasteiger partial charge on any atom is 0.323 e. The van der Waals surface area contributed by atoms with Crippen molar-refractivity contribution in [3.05, 3.63) is 29.6 Å². The highest BCUT2D eigenvalue weighted by atomic mass is 16.4. The van der Waals surface area contributed by atoms with Gasteiger partial charge >= 0.3 is 5.97 Å². The van der Waals surface area contributed by atoms with Crippen molar-refractivity contribution in [2.45, 2.75) is 20.4 Å². The van der Waals surface area contributed by atoms with Gasteiger partial charge in [-0.15, -0.1) is 0 Å². The van der Waals surface area contributed by atoms with E-state index >= 15 is 0 Å². The molecule has 0 spiro atoms. The second-order valence-corrected chi connectivity index (χ2v) is 4.92. The summed E-state index contributed by atoms with van der Waals surface area (Å²) in [6.45, 7) is 3.79. The molecule has 0 fully saturated rings. The summed E-state index contributed by atoms with van der Waals surface area (Å²) in [6.07, 6.45) is 1.36. The third kappa shape index (κ3) is 1.69. The van der Waals surface area contributed by atoms with Gasteiger partial charge in [-0.05, 0) is 25.5 Å². The van der Waals surface area contributed by atoms with Gasteiger partial charge in [0, 0.05) is 5.39 Å². The first-order valence-electron chi connectivity index (χ1n) is 6.20. The minimum atomic E-state index is -0.916. The fraction of sp³-hybridized carbons (Fsp3) is 0.214. The van der Waals surface area contributed by atoms with Gasteiger partial charge in [0.1, 0.15) is 24.3 Å². The number of carbonyl (C=O) groups is 1. The number of aromatic nitrogens is 3. The number of aliphatic carboxylic acids is 1. The molecule has 0 aliphatic heterocycles. The molecule has 0 aliphatic carbocycles. The highest BCUT2D eigenvalue weighted by Crippen LogP contribution is 2.33. The number of carboxylic acid groups (broad SMARTS) is 1. The normalized spacial score (nSPS) is 11.3. The van der Waals surface area contributed by atoms with Crippen LogP contribution in [0.1, 0.15) is 11.1 Å². The number of benzene rings is 1. The molecule has 3 aromatic rings. The van der Waals surface area contributed by atoms with Gasteiger partial charge in [0.15, 0.2) is 0 Å². The van der Waals surface area contributed by atoms with Crippen molar-refractivity contribution in [1.29, 1.82) is 0 Å². The molecule has 1 aromatic carbocycles. The summed E-state index contributed by atoms with van der Waals surface area (Å²) in [6, 6.07) is 4.01. The van der Waals surface area contributed by atoms with Crippen LogP contribution in [0.4, 0.5) is 5.82 Å². The van der Waals surface area contributed by atoms with Gasteiger partial charge < -0.3 is 15.4 Å². The Morgan fingerprint density at radius 1 is 1.35 bits per heavy atom. The van der Waals surface area contributed by atoms with Gasteiger partial charge in [0.25, 0.3) is 0 Å². The van der Waals surface area contributed by atoms with Gasteiger partial charge in [-0.25, -0.2) is 9.97 Å². The molecule has 102 valence electrons. The van der Waals surface area contributed by atoms with E-state index in [0.717, 1.165) is 27.4 Å². The topological polar surface area (TPSA) is 94.0 Å². The van der Waals surface area contributed by atoms with Crippen molar-refractivity contribution in [3.63, 3.8) is 0 Å². The number of nitrogen functional groups attached to an aromatic ring is 1. The lowest BCUT2D eigenvalue weighted by Crippen LogP contribution is -2.09. The van der Waals surface area contributed by atoms with E-state index in [1.54, 1.807) is 4.57 Å². The molecule has 0 atom stereocenters. The highest BCUT2D eigenvalue weighted by Gasteiger charge is 2.18. The minimum absolute atomic E-state index is 0.152. The molecular formula is C14H14N4O2. The Kier molecular flexibility index (Phi) is 2.60. The van der Waals surface area contributed by atoms with Gasteiger partial charge in [-0.1, -0.05) is 11.6 Å². The van der Waals surface area contributed by atoms with E-state index in [1.807, 2.05) is 26.0 Å². The molecule has 6 nitrogen and oxygen atoms in total. The number of hydrogen-bond acceptors (Lipinski definition) is 4. The van der Waals surface area contributed by atoms with Crippen molar-refractivity contribution in [1.82, 2.24) is 14.5 Å². The molecule has 0 saturated carbocycles. The fourth-order valence-corrected chi connectivity index (χ4v) is 2.76. The van der Waals surface area contributed by atoms with E-state index in [-0.39, 0.29) is 6.54 Å². The number of rotatable bonds is 2. The molecular weight excluding hydrogens is 256 g/mol. The van der Waals surface area contributed by atoms with Crippen molar-refractivity contribution in [2.75, 3.05) is 5.73 Å². The molecule has 0 aliphatic rings. The monoisotopic (exact) mass is 270 g/mol. The van der Waals surface area contributed by atoms with Crippen LogP contribution in [-0.2, 0) is 11.3 Å².